The number of anilines is 1. The summed E-state index contributed by atoms with van der Waals surface area (Å²) in [6.45, 7) is 0.457. The molecule has 20 heavy (non-hydrogen) atoms. The number of hydrogen-bond acceptors (Lipinski definition) is 5. The summed E-state index contributed by atoms with van der Waals surface area (Å²) in [5.41, 5.74) is 0.393. The van der Waals surface area contributed by atoms with Gasteiger partial charge >= 0.3 is 0 Å². The van der Waals surface area contributed by atoms with E-state index in [-0.39, 0.29) is 5.91 Å². The Labute approximate surface area is 121 Å². The monoisotopic (exact) mass is 294 g/mol. The first-order valence-corrected chi connectivity index (χ1v) is 6.44. The van der Waals surface area contributed by atoms with Crippen LogP contribution in [0.5, 0.6) is 0 Å². The minimum Gasteiger partial charge on any atom is -0.373 e. The average Bonchev–Trinajstić information content (AvgIpc) is 2.85. The molecule has 0 unspecified atom stereocenters. The van der Waals surface area contributed by atoms with Crippen molar-refractivity contribution in [1.29, 1.82) is 0 Å². The topological polar surface area (TPSA) is 84.7 Å². The molecule has 106 valence electrons. The molecule has 2 heterocycles. The number of halogens is 1. The molecule has 2 aromatic rings. The molecule has 0 aliphatic rings. The molecule has 0 saturated carbocycles. The van der Waals surface area contributed by atoms with Gasteiger partial charge in [0.05, 0.1) is 10.6 Å². The third-order valence-corrected chi connectivity index (χ3v) is 3.10. The van der Waals surface area contributed by atoms with E-state index in [4.69, 9.17) is 11.6 Å². The number of carbonyl (C=O) groups excluding carboxylic acids is 1. The van der Waals surface area contributed by atoms with Crippen molar-refractivity contribution < 1.29 is 4.79 Å². The summed E-state index contributed by atoms with van der Waals surface area (Å²) in [5.74, 6) is 1.16. The Kier molecular flexibility index (Phi) is 4.52. The van der Waals surface area contributed by atoms with Gasteiger partial charge in [0.2, 0.25) is 0 Å². The molecule has 0 fully saturated rings. The number of pyridine rings is 1. The predicted molar refractivity (Wildman–Crippen MR) is 75.8 cm³/mol. The molecule has 7 nitrogen and oxygen atoms in total. The first kappa shape index (κ1) is 14.3. The van der Waals surface area contributed by atoms with E-state index in [0.717, 1.165) is 5.82 Å². The Morgan fingerprint density at radius 3 is 2.95 bits per heavy atom. The van der Waals surface area contributed by atoms with Crippen LogP contribution in [-0.4, -0.2) is 39.2 Å². The van der Waals surface area contributed by atoms with Crippen molar-refractivity contribution in [2.24, 2.45) is 7.05 Å². The maximum absolute atomic E-state index is 12.1. The van der Waals surface area contributed by atoms with E-state index in [2.05, 4.69) is 25.8 Å². The van der Waals surface area contributed by atoms with Gasteiger partial charge in [-0.3, -0.25) is 4.79 Å². The second-order valence-corrected chi connectivity index (χ2v) is 4.57. The number of aryl methyl sites for hydroxylation is 1. The van der Waals surface area contributed by atoms with Crippen LogP contribution in [0.15, 0.2) is 18.6 Å². The SMILES string of the molecule is CNc1cc(C(=O)NCCc2nncn2C)c(Cl)cn1. The van der Waals surface area contributed by atoms with E-state index in [1.807, 2.05) is 11.6 Å². The van der Waals surface area contributed by atoms with Crippen molar-refractivity contribution in [3.8, 4) is 0 Å². The molecule has 2 N–H and O–H groups in total. The fourth-order valence-corrected chi connectivity index (χ4v) is 1.86. The van der Waals surface area contributed by atoms with Crippen LogP contribution in [0.1, 0.15) is 16.2 Å². The lowest BCUT2D eigenvalue weighted by atomic mass is 10.2. The number of aromatic nitrogens is 4. The number of nitrogens with one attached hydrogen (secondary N) is 2. The van der Waals surface area contributed by atoms with Crippen LogP contribution in [-0.2, 0) is 13.5 Å². The summed E-state index contributed by atoms with van der Waals surface area (Å²) in [5, 5.41) is 13.7. The normalized spacial score (nSPS) is 10.3. The van der Waals surface area contributed by atoms with E-state index in [0.29, 0.717) is 29.4 Å². The molecule has 0 atom stereocenters. The van der Waals surface area contributed by atoms with Gasteiger partial charge < -0.3 is 15.2 Å². The molecular weight excluding hydrogens is 280 g/mol. The first-order chi connectivity index (χ1) is 9.61. The van der Waals surface area contributed by atoms with E-state index in [1.54, 1.807) is 19.4 Å². The molecule has 2 aromatic heterocycles. The molecular formula is C12H15ClN6O. The number of carbonyl (C=O) groups is 1. The molecule has 0 radical (unpaired) electrons. The highest BCUT2D eigenvalue weighted by Gasteiger charge is 2.12. The Hall–Kier alpha value is -2.15. The standard InChI is InChI=1S/C12H15ClN6O/c1-14-10-5-8(9(13)6-16-10)12(20)15-4-3-11-18-17-7-19(11)2/h5-7H,3-4H2,1-2H3,(H,14,16)(H,15,20). The van der Waals surface area contributed by atoms with E-state index in [9.17, 15) is 4.79 Å². The Morgan fingerprint density at radius 1 is 1.50 bits per heavy atom. The molecule has 0 aliphatic heterocycles. The van der Waals surface area contributed by atoms with E-state index in [1.165, 1.54) is 6.20 Å². The summed E-state index contributed by atoms with van der Waals surface area (Å²) in [6, 6.07) is 1.61. The second-order valence-electron chi connectivity index (χ2n) is 4.16. The molecule has 0 bridgehead atoms. The maximum Gasteiger partial charge on any atom is 0.253 e. The van der Waals surface area contributed by atoms with E-state index >= 15 is 0 Å². The van der Waals surface area contributed by atoms with Crippen LogP contribution in [0, 0.1) is 0 Å². The largest absolute Gasteiger partial charge is 0.373 e. The lowest BCUT2D eigenvalue weighted by molar-refractivity contribution is 0.0954. The van der Waals surface area contributed by atoms with E-state index < -0.39 is 0 Å². The lowest BCUT2D eigenvalue weighted by Gasteiger charge is -2.08. The van der Waals surface area contributed by atoms with Crippen LogP contribution in [0.25, 0.3) is 0 Å². The Balaban J connectivity index is 1.96. The van der Waals surface area contributed by atoms with Gasteiger partial charge in [-0.05, 0) is 6.07 Å². The van der Waals surface area contributed by atoms with Gasteiger partial charge in [-0.25, -0.2) is 4.98 Å². The van der Waals surface area contributed by atoms with Crippen molar-refractivity contribution in [3.63, 3.8) is 0 Å². The van der Waals surface area contributed by atoms with Gasteiger partial charge in [0.15, 0.2) is 0 Å². The average molecular weight is 295 g/mol. The van der Waals surface area contributed by atoms with Crippen LogP contribution >= 0.6 is 11.6 Å². The van der Waals surface area contributed by atoms with Gasteiger partial charge in [0.25, 0.3) is 5.91 Å². The lowest BCUT2D eigenvalue weighted by Crippen LogP contribution is -2.26. The molecule has 2 rings (SSSR count). The van der Waals surface area contributed by atoms with Crippen molar-refractivity contribution in [2.45, 2.75) is 6.42 Å². The molecule has 0 spiro atoms. The number of rotatable bonds is 5. The highest BCUT2D eigenvalue weighted by atomic mass is 35.5. The summed E-state index contributed by atoms with van der Waals surface area (Å²) in [7, 11) is 3.59. The van der Waals surface area contributed by atoms with Crippen LogP contribution < -0.4 is 10.6 Å². The molecule has 0 aliphatic carbocycles. The summed E-state index contributed by atoms with van der Waals surface area (Å²) in [4.78, 5) is 16.1. The summed E-state index contributed by atoms with van der Waals surface area (Å²) < 4.78 is 1.81. The van der Waals surface area contributed by atoms with Crippen molar-refractivity contribution >= 4 is 23.3 Å². The van der Waals surface area contributed by atoms with Gasteiger partial charge in [0.1, 0.15) is 18.0 Å². The molecule has 1 amide bonds. The third-order valence-electron chi connectivity index (χ3n) is 2.80. The van der Waals surface area contributed by atoms with Crippen molar-refractivity contribution in [3.05, 3.63) is 35.0 Å². The predicted octanol–water partition coefficient (Wildman–Crippen LogP) is 0.878. The highest BCUT2D eigenvalue weighted by molar-refractivity contribution is 6.33. The first-order valence-electron chi connectivity index (χ1n) is 6.06. The number of hydrogen-bond donors (Lipinski definition) is 2. The van der Waals surface area contributed by atoms with Gasteiger partial charge in [-0.2, -0.15) is 0 Å². The van der Waals surface area contributed by atoms with Crippen LogP contribution in [0.2, 0.25) is 5.02 Å². The van der Waals surface area contributed by atoms with Gasteiger partial charge in [-0.1, -0.05) is 11.6 Å². The second kappa shape index (κ2) is 6.33. The highest BCUT2D eigenvalue weighted by Crippen LogP contribution is 2.17. The number of amides is 1. The smallest absolute Gasteiger partial charge is 0.253 e. The fraction of sp³-hybridized carbons (Fsp3) is 0.333. The van der Waals surface area contributed by atoms with Crippen molar-refractivity contribution in [2.75, 3.05) is 18.9 Å². The Bertz CT molecular complexity index is 612. The Morgan fingerprint density at radius 2 is 2.30 bits per heavy atom. The molecule has 0 saturated heterocycles. The quantitative estimate of drug-likeness (QED) is 0.855. The fourth-order valence-electron chi connectivity index (χ4n) is 1.67. The van der Waals surface area contributed by atoms with Gasteiger partial charge in [0, 0.05) is 33.3 Å². The van der Waals surface area contributed by atoms with Gasteiger partial charge in [-0.15, -0.1) is 10.2 Å². The zero-order chi connectivity index (χ0) is 14.5. The number of nitrogens with zero attached hydrogens (tertiary/aromatic N) is 4. The van der Waals surface area contributed by atoms with Crippen LogP contribution in [0.4, 0.5) is 5.82 Å². The minimum absolute atomic E-state index is 0.240. The zero-order valence-electron chi connectivity index (χ0n) is 11.2. The molecule has 0 aromatic carbocycles. The zero-order valence-corrected chi connectivity index (χ0v) is 12.0. The maximum atomic E-state index is 12.1. The summed E-state index contributed by atoms with van der Waals surface area (Å²) in [6.07, 6.45) is 3.67. The third kappa shape index (κ3) is 3.24. The van der Waals surface area contributed by atoms with Crippen molar-refractivity contribution in [1.82, 2.24) is 25.1 Å². The van der Waals surface area contributed by atoms with Crippen LogP contribution in [0.3, 0.4) is 0 Å². The molecule has 8 heteroatoms. The minimum atomic E-state index is -0.240. The summed E-state index contributed by atoms with van der Waals surface area (Å²) >= 11 is 5.97.